The molecular formula is C21H24FN3O3. The molecule has 28 heavy (non-hydrogen) atoms. The summed E-state index contributed by atoms with van der Waals surface area (Å²) in [5.41, 5.74) is 2.35. The predicted octanol–water partition coefficient (Wildman–Crippen LogP) is 2.85. The van der Waals surface area contributed by atoms with Gasteiger partial charge in [0.05, 0.1) is 25.1 Å². The number of nitrogens with one attached hydrogen (secondary N) is 1. The predicted molar refractivity (Wildman–Crippen MR) is 103 cm³/mol. The molecule has 0 saturated carbocycles. The number of likely N-dealkylation sites (tertiary alicyclic amines) is 1. The normalized spacial score (nSPS) is 18.4. The number of halogens is 1. The van der Waals surface area contributed by atoms with Crippen molar-refractivity contribution in [1.82, 2.24) is 9.88 Å². The molecule has 2 saturated heterocycles. The Kier molecular flexibility index (Phi) is 5.54. The summed E-state index contributed by atoms with van der Waals surface area (Å²) < 4.78 is 24.3. The number of carbonyl (C=O) groups excluding carboxylic acids is 1. The number of amides is 1. The fourth-order valence-electron chi connectivity index (χ4n) is 3.63. The summed E-state index contributed by atoms with van der Waals surface area (Å²) >= 11 is 0. The summed E-state index contributed by atoms with van der Waals surface area (Å²) in [6.07, 6.45) is 3.84. The quantitative estimate of drug-likeness (QED) is 0.858. The van der Waals surface area contributed by atoms with Crippen LogP contribution < -0.4 is 5.32 Å². The third kappa shape index (κ3) is 4.31. The van der Waals surface area contributed by atoms with E-state index in [0.29, 0.717) is 51.4 Å². The standard InChI is InChI=1S/C21H24FN3O3/c22-17-3-1-16(2-4-17)7-10-23-18-5-6-19(24-15-18)20(26)25-11-8-21(9-12-25)27-13-14-28-21/h1-6,15,23H,7-14H2. The molecule has 0 radical (unpaired) electrons. The van der Waals surface area contributed by atoms with E-state index in [1.165, 1.54) is 12.1 Å². The molecule has 0 bridgehead atoms. The smallest absolute Gasteiger partial charge is 0.272 e. The molecule has 0 unspecified atom stereocenters. The lowest BCUT2D eigenvalue weighted by atomic mass is 10.0. The van der Waals surface area contributed by atoms with Gasteiger partial charge in [-0.3, -0.25) is 4.79 Å². The summed E-state index contributed by atoms with van der Waals surface area (Å²) in [5, 5.41) is 3.27. The van der Waals surface area contributed by atoms with E-state index in [0.717, 1.165) is 17.7 Å². The van der Waals surface area contributed by atoms with E-state index in [2.05, 4.69) is 10.3 Å². The first-order valence-corrected chi connectivity index (χ1v) is 9.65. The summed E-state index contributed by atoms with van der Waals surface area (Å²) in [5.74, 6) is -0.776. The highest BCUT2D eigenvalue weighted by atomic mass is 19.1. The van der Waals surface area contributed by atoms with E-state index in [9.17, 15) is 9.18 Å². The van der Waals surface area contributed by atoms with Gasteiger partial charge >= 0.3 is 0 Å². The van der Waals surface area contributed by atoms with Crippen LogP contribution in [0.5, 0.6) is 0 Å². The molecule has 6 nitrogen and oxygen atoms in total. The second-order valence-electron chi connectivity index (χ2n) is 7.14. The van der Waals surface area contributed by atoms with Gasteiger partial charge in [0.15, 0.2) is 5.79 Å². The van der Waals surface area contributed by atoms with Gasteiger partial charge < -0.3 is 19.7 Å². The van der Waals surface area contributed by atoms with Gasteiger partial charge in [-0.2, -0.15) is 0 Å². The van der Waals surface area contributed by atoms with Crippen LogP contribution in [0.1, 0.15) is 28.9 Å². The maximum atomic E-state index is 12.9. The van der Waals surface area contributed by atoms with Crippen LogP contribution in [0.15, 0.2) is 42.6 Å². The van der Waals surface area contributed by atoms with Crippen molar-refractivity contribution < 1.29 is 18.7 Å². The minimum absolute atomic E-state index is 0.0642. The van der Waals surface area contributed by atoms with Crippen LogP contribution in [-0.4, -0.2) is 54.4 Å². The molecule has 1 aromatic heterocycles. The molecule has 0 atom stereocenters. The first-order chi connectivity index (χ1) is 13.6. The number of rotatable bonds is 5. The lowest BCUT2D eigenvalue weighted by Crippen LogP contribution is -2.47. The molecule has 1 spiro atoms. The highest BCUT2D eigenvalue weighted by molar-refractivity contribution is 5.92. The van der Waals surface area contributed by atoms with Crippen molar-refractivity contribution in [2.75, 3.05) is 38.2 Å². The van der Waals surface area contributed by atoms with E-state index >= 15 is 0 Å². The molecule has 0 aliphatic carbocycles. The molecule has 1 N–H and O–H groups in total. The number of pyridine rings is 1. The minimum Gasteiger partial charge on any atom is -0.383 e. The molecule has 148 valence electrons. The lowest BCUT2D eigenvalue weighted by Gasteiger charge is -2.37. The van der Waals surface area contributed by atoms with Gasteiger partial charge in [-0.1, -0.05) is 12.1 Å². The maximum Gasteiger partial charge on any atom is 0.272 e. The number of anilines is 1. The molecule has 2 aromatic rings. The van der Waals surface area contributed by atoms with Crippen molar-refractivity contribution in [3.8, 4) is 0 Å². The SMILES string of the molecule is O=C(c1ccc(NCCc2ccc(F)cc2)cn1)N1CCC2(CC1)OCCO2. The Morgan fingerprint density at radius 1 is 1.11 bits per heavy atom. The maximum absolute atomic E-state index is 12.9. The zero-order valence-electron chi connectivity index (χ0n) is 15.7. The van der Waals surface area contributed by atoms with Gasteiger partial charge in [0.25, 0.3) is 5.91 Å². The number of carbonyl (C=O) groups is 1. The zero-order valence-corrected chi connectivity index (χ0v) is 15.7. The van der Waals surface area contributed by atoms with Crippen LogP contribution in [0.4, 0.5) is 10.1 Å². The van der Waals surface area contributed by atoms with Crippen molar-refractivity contribution >= 4 is 11.6 Å². The zero-order chi connectivity index (χ0) is 19.4. The lowest BCUT2D eigenvalue weighted by molar-refractivity contribution is -0.181. The Labute approximate surface area is 163 Å². The van der Waals surface area contributed by atoms with Crippen molar-refractivity contribution in [1.29, 1.82) is 0 Å². The first kappa shape index (κ1) is 18.8. The van der Waals surface area contributed by atoms with E-state index in [1.807, 2.05) is 6.07 Å². The van der Waals surface area contributed by atoms with Gasteiger partial charge in [0.1, 0.15) is 11.5 Å². The van der Waals surface area contributed by atoms with Crippen LogP contribution in [0.25, 0.3) is 0 Å². The number of nitrogens with zero attached hydrogens (tertiary/aromatic N) is 2. The largest absolute Gasteiger partial charge is 0.383 e. The fourth-order valence-corrected chi connectivity index (χ4v) is 3.63. The summed E-state index contributed by atoms with van der Waals surface area (Å²) in [6.45, 7) is 3.18. The minimum atomic E-state index is -0.484. The summed E-state index contributed by atoms with van der Waals surface area (Å²) in [7, 11) is 0. The molecular weight excluding hydrogens is 361 g/mol. The highest BCUT2D eigenvalue weighted by Gasteiger charge is 2.40. The Morgan fingerprint density at radius 2 is 1.82 bits per heavy atom. The van der Waals surface area contributed by atoms with Gasteiger partial charge in [-0.15, -0.1) is 0 Å². The molecule has 7 heteroatoms. The van der Waals surface area contributed by atoms with Gasteiger partial charge in [-0.25, -0.2) is 9.37 Å². The third-order valence-corrected chi connectivity index (χ3v) is 5.26. The van der Waals surface area contributed by atoms with Crippen LogP contribution >= 0.6 is 0 Å². The van der Waals surface area contributed by atoms with Gasteiger partial charge in [0, 0.05) is 32.5 Å². The first-order valence-electron chi connectivity index (χ1n) is 9.65. The van der Waals surface area contributed by atoms with Crippen LogP contribution in [-0.2, 0) is 15.9 Å². The molecule has 2 aliphatic heterocycles. The Morgan fingerprint density at radius 3 is 2.46 bits per heavy atom. The monoisotopic (exact) mass is 385 g/mol. The van der Waals surface area contributed by atoms with Crippen LogP contribution in [0, 0.1) is 5.82 Å². The summed E-state index contributed by atoms with van der Waals surface area (Å²) in [6, 6.07) is 10.1. The number of hydrogen-bond donors (Lipinski definition) is 1. The Bertz CT molecular complexity index is 795. The van der Waals surface area contributed by atoms with Crippen LogP contribution in [0.2, 0.25) is 0 Å². The number of ether oxygens (including phenoxy) is 2. The molecule has 3 heterocycles. The van der Waals surface area contributed by atoms with E-state index in [4.69, 9.17) is 9.47 Å². The molecule has 4 rings (SSSR count). The van der Waals surface area contributed by atoms with E-state index in [1.54, 1.807) is 29.3 Å². The van der Waals surface area contributed by atoms with E-state index in [-0.39, 0.29) is 11.7 Å². The van der Waals surface area contributed by atoms with Crippen molar-refractivity contribution in [3.63, 3.8) is 0 Å². The molecule has 1 amide bonds. The topological polar surface area (TPSA) is 63.7 Å². The van der Waals surface area contributed by atoms with Gasteiger partial charge in [-0.05, 0) is 36.2 Å². The third-order valence-electron chi connectivity index (χ3n) is 5.26. The average molecular weight is 385 g/mol. The molecule has 2 fully saturated rings. The average Bonchev–Trinajstić information content (AvgIpc) is 3.18. The van der Waals surface area contributed by atoms with Gasteiger partial charge in [0.2, 0.25) is 0 Å². The number of hydrogen-bond acceptors (Lipinski definition) is 5. The van der Waals surface area contributed by atoms with Crippen molar-refractivity contribution in [3.05, 3.63) is 59.7 Å². The second-order valence-corrected chi connectivity index (χ2v) is 7.14. The summed E-state index contributed by atoms with van der Waals surface area (Å²) in [4.78, 5) is 18.8. The second kappa shape index (κ2) is 8.24. The van der Waals surface area contributed by atoms with Crippen LogP contribution in [0.3, 0.4) is 0 Å². The molecule has 2 aliphatic rings. The van der Waals surface area contributed by atoms with E-state index < -0.39 is 5.79 Å². The number of piperidine rings is 1. The fraction of sp³-hybridized carbons (Fsp3) is 0.429. The number of aromatic nitrogens is 1. The Balaban J connectivity index is 1.27. The number of benzene rings is 1. The van der Waals surface area contributed by atoms with Crippen molar-refractivity contribution in [2.24, 2.45) is 0 Å². The molecule has 1 aromatic carbocycles. The van der Waals surface area contributed by atoms with Crippen molar-refractivity contribution in [2.45, 2.75) is 25.0 Å². The highest BCUT2D eigenvalue weighted by Crippen LogP contribution is 2.31. The Hall–Kier alpha value is -2.51.